The summed E-state index contributed by atoms with van der Waals surface area (Å²) >= 11 is 0. The summed E-state index contributed by atoms with van der Waals surface area (Å²) < 4.78 is 5.33. The fourth-order valence-electron chi connectivity index (χ4n) is 3.66. The number of morpholine rings is 1. The number of nitrogens with zero attached hydrogens (tertiary/aromatic N) is 3. The second-order valence-corrected chi connectivity index (χ2v) is 7.08. The van der Waals surface area contributed by atoms with Gasteiger partial charge in [0.1, 0.15) is 0 Å². The van der Waals surface area contributed by atoms with Crippen molar-refractivity contribution in [3.8, 4) is 0 Å². The molecule has 0 spiro atoms. The third-order valence-corrected chi connectivity index (χ3v) is 5.27. The highest BCUT2D eigenvalue weighted by Crippen LogP contribution is 2.22. The Kier molecular flexibility index (Phi) is 5.68. The Bertz CT molecular complexity index is 830. The molecule has 0 unspecified atom stereocenters. The highest BCUT2D eigenvalue weighted by Gasteiger charge is 2.28. The number of carbonyl (C=O) groups excluding carboxylic acids is 2. The summed E-state index contributed by atoms with van der Waals surface area (Å²) in [7, 11) is 0. The number of H-pyrrole nitrogens is 1. The molecule has 2 aromatic rings. The molecule has 8 heteroatoms. The van der Waals surface area contributed by atoms with Crippen molar-refractivity contribution in [3.63, 3.8) is 0 Å². The molecule has 0 radical (unpaired) electrons. The number of aromatic amines is 1. The summed E-state index contributed by atoms with van der Waals surface area (Å²) in [5.74, 6) is -0.217. The van der Waals surface area contributed by atoms with Crippen molar-refractivity contribution < 1.29 is 14.3 Å². The van der Waals surface area contributed by atoms with Crippen LogP contribution in [0, 0.1) is 0 Å². The first-order chi connectivity index (χ1) is 13.7. The number of benzene rings is 1. The number of fused-ring (bicyclic) bond motifs is 1. The Morgan fingerprint density at radius 1 is 1.14 bits per heavy atom. The zero-order valence-corrected chi connectivity index (χ0v) is 15.8. The molecule has 0 saturated carbocycles. The van der Waals surface area contributed by atoms with Crippen molar-refractivity contribution in [3.05, 3.63) is 52.8 Å². The van der Waals surface area contributed by atoms with Crippen molar-refractivity contribution in [2.75, 3.05) is 45.9 Å². The molecule has 0 aliphatic carbocycles. The first-order valence-electron chi connectivity index (χ1n) is 9.71. The normalized spacial score (nSPS) is 17.2. The maximum Gasteiger partial charge on any atom is 0.272 e. The average Bonchev–Trinajstić information content (AvgIpc) is 3.18. The average molecular weight is 383 g/mol. The Morgan fingerprint density at radius 3 is 2.71 bits per heavy atom. The lowest BCUT2D eigenvalue weighted by atomic mass is 10.0. The molecule has 2 aliphatic heterocycles. The maximum absolute atomic E-state index is 12.7. The van der Waals surface area contributed by atoms with Gasteiger partial charge < -0.3 is 15.0 Å². The quantitative estimate of drug-likeness (QED) is 0.792. The molecule has 28 heavy (non-hydrogen) atoms. The summed E-state index contributed by atoms with van der Waals surface area (Å²) in [5.41, 5.74) is 2.81. The summed E-state index contributed by atoms with van der Waals surface area (Å²) in [4.78, 5) is 29.4. The van der Waals surface area contributed by atoms with Crippen LogP contribution in [0.1, 0.15) is 32.1 Å². The molecule has 3 heterocycles. The highest BCUT2D eigenvalue weighted by atomic mass is 16.5. The minimum atomic E-state index is -0.195. The molecule has 2 aliphatic rings. The smallest absolute Gasteiger partial charge is 0.272 e. The van der Waals surface area contributed by atoms with E-state index in [1.807, 2.05) is 30.3 Å². The maximum atomic E-state index is 12.7. The topological polar surface area (TPSA) is 90.6 Å². The van der Waals surface area contributed by atoms with Crippen LogP contribution in [-0.4, -0.2) is 77.7 Å². The number of rotatable bonds is 5. The number of amides is 2. The van der Waals surface area contributed by atoms with Crippen molar-refractivity contribution in [2.45, 2.75) is 13.0 Å². The van der Waals surface area contributed by atoms with Gasteiger partial charge in [-0.05, 0) is 12.1 Å². The minimum absolute atomic E-state index is 0.0221. The van der Waals surface area contributed by atoms with Crippen LogP contribution in [0.2, 0.25) is 0 Å². The molecule has 1 fully saturated rings. The van der Waals surface area contributed by atoms with Gasteiger partial charge in [-0.15, -0.1) is 0 Å². The van der Waals surface area contributed by atoms with Gasteiger partial charge in [-0.25, -0.2) is 0 Å². The molecular formula is C20H25N5O3. The van der Waals surface area contributed by atoms with E-state index in [0.29, 0.717) is 37.3 Å². The van der Waals surface area contributed by atoms with Crippen molar-refractivity contribution in [1.29, 1.82) is 0 Å². The lowest BCUT2D eigenvalue weighted by Crippen LogP contribution is -2.41. The third-order valence-electron chi connectivity index (χ3n) is 5.27. The number of aromatic nitrogens is 2. The molecule has 148 valence electrons. The van der Waals surface area contributed by atoms with Crippen LogP contribution < -0.4 is 5.32 Å². The lowest BCUT2D eigenvalue weighted by Gasteiger charge is -2.27. The Balaban J connectivity index is 1.37. The van der Waals surface area contributed by atoms with Crippen LogP contribution >= 0.6 is 0 Å². The predicted molar refractivity (Wildman–Crippen MR) is 103 cm³/mol. The first kappa shape index (κ1) is 18.6. The predicted octanol–water partition coefficient (Wildman–Crippen LogP) is 0.670. The van der Waals surface area contributed by atoms with E-state index in [4.69, 9.17) is 4.74 Å². The van der Waals surface area contributed by atoms with Gasteiger partial charge in [-0.3, -0.25) is 19.6 Å². The lowest BCUT2D eigenvalue weighted by molar-refractivity contribution is 0.0383. The van der Waals surface area contributed by atoms with Gasteiger partial charge >= 0.3 is 0 Å². The molecule has 0 atom stereocenters. The van der Waals surface area contributed by atoms with Gasteiger partial charge in [0.05, 0.1) is 19.8 Å². The highest BCUT2D eigenvalue weighted by molar-refractivity contribution is 5.96. The van der Waals surface area contributed by atoms with Crippen molar-refractivity contribution in [1.82, 2.24) is 25.3 Å². The van der Waals surface area contributed by atoms with Crippen LogP contribution in [0.3, 0.4) is 0 Å². The fraction of sp³-hybridized carbons (Fsp3) is 0.450. The SMILES string of the molecule is O=C(NCCN1CCOCC1)c1n[nH]c2c1CN(C(=O)c1ccccc1)CC2. The molecule has 2 amide bonds. The van der Waals surface area contributed by atoms with Gasteiger partial charge in [-0.2, -0.15) is 5.10 Å². The zero-order chi connectivity index (χ0) is 19.3. The van der Waals surface area contributed by atoms with E-state index in [0.717, 1.165) is 44.1 Å². The van der Waals surface area contributed by atoms with E-state index in [1.54, 1.807) is 4.90 Å². The monoisotopic (exact) mass is 383 g/mol. The van der Waals surface area contributed by atoms with Gasteiger partial charge in [0, 0.05) is 56.0 Å². The van der Waals surface area contributed by atoms with E-state index < -0.39 is 0 Å². The Labute approximate surface area is 163 Å². The standard InChI is InChI=1S/C20H25N5O3/c26-19(21-7-9-24-10-12-28-13-11-24)18-16-14-25(8-6-17(16)22-23-18)20(27)15-4-2-1-3-5-15/h1-5H,6-14H2,(H,21,26)(H,22,23). The molecule has 4 rings (SSSR count). The first-order valence-corrected chi connectivity index (χ1v) is 9.71. The van der Waals surface area contributed by atoms with E-state index >= 15 is 0 Å². The van der Waals surface area contributed by atoms with E-state index in [9.17, 15) is 9.59 Å². The molecule has 1 aromatic carbocycles. The zero-order valence-electron chi connectivity index (χ0n) is 15.8. The fourth-order valence-corrected chi connectivity index (χ4v) is 3.66. The van der Waals surface area contributed by atoms with Crippen LogP contribution in [0.25, 0.3) is 0 Å². The Morgan fingerprint density at radius 2 is 1.93 bits per heavy atom. The minimum Gasteiger partial charge on any atom is -0.379 e. The summed E-state index contributed by atoms with van der Waals surface area (Å²) in [6, 6.07) is 9.22. The number of hydrogen-bond donors (Lipinski definition) is 2. The number of ether oxygens (including phenoxy) is 1. The Hall–Kier alpha value is -2.71. The van der Waals surface area contributed by atoms with Crippen molar-refractivity contribution >= 4 is 11.8 Å². The van der Waals surface area contributed by atoms with Crippen LogP contribution in [0.5, 0.6) is 0 Å². The van der Waals surface area contributed by atoms with Crippen LogP contribution in [0.15, 0.2) is 30.3 Å². The van der Waals surface area contributed by atoms with E-state index in [-0.39, 0.29) is 11.8 Å². The van der Waals surface area contributed by atoms with Crippen LogP contribution in [0.4, 0.5) is 0 Å². The largest absolute Gasteiger partial charge is 0.379 e. The van der Waals surface area contributed by atoms with Crippen molar-refractivity contribution in [2.24, 2.45) is 0 Å². The molecule has 8 nitrogen and oxygen atoms in total. The second-order valence-electron chi connectivity index (χ2n) is 7.08. The number of nitrogens with one attached hydrogen (secondary N) is 2. The van der Waals surface area contributed by atoms with Gasteiger partial charge in [0.2, 0.25) is 0 Å². The van der Waals surface area contributed by atoms with E-state index in [2.05, 4.69) is 20.4 Å². The third kappa shape index (κ3) is 4.07. The molecule has 0 bridgehead atoms. The summed E-state index contributed by atoms with van der Waals surface area (Å²) in [6.07, 6.45) is 0.669. The summed E-state index contributed by atoms with van der Waals surface area (Å²) in [6.45, 7) is 5.63. The number of hydrogen-bond acceptors (Lipinski definition) is 5. The molecular weight excluding hydrogens is 358 g/mol. The van der Waals surface area contributed by atoms with Gasteiger partial charge in [-0.1, -0.05) is 18.2 Å². The molecule has 1 saturated heterocycles. The number of carbonyl (C=O) groups is 2. The van der Waals surface area contributed by atoms with E-state index in [1.165, 1.54) is 0 Å². The molecule has 1 aromatic heterocycles. The van der Waals surface area contributed by atoms with Gasteiger partial charge in [0.15, 0.2) is 5.69 Å². The second kappa shape index (κ2) is 8.53. The summed E-state index contributed by atoms with van der Waals surface area (Å²) in [5, 5.41) is 10.1. The molecule has 2 N–H and O–H groups in total. The van der Waals surface area contributed by atoms with Crippen LogP contribution in [-0.2, 0) is 17.7 Å². The van der Waals surface area contributed by atoms with Gasteiger partial charge in [0.25, 0.3) is 11.8 Å².